The molecular weight excluding hydrogens is 338 g/mol. The molecule has 0 heterocycles. The van der Waals surface area contributed by atoms with Crippen LogP contribution in [0.4, 0.5) is 4.79 Å². The molecule has 1 amide bonds. The van der Waals surface area contributed by atoms with Crippen molar-refractivity contribution in [1.82, 2.24) is 5.32 Å². The highest BCUT2D eigenvalue weighted by Crippen LogP contribution is 2.33. The van der Waals surface area contributed by atoms with Crippen LogP contribution in [0.15, 0.2) is 49.1 Å². The van der Waals surface area contributed by atoms with Crippen LogP contribution in [-0.2, 0) is 14.3 Å². The fourth-order valence-corrected chi connectivity index (χ4v) is 2.19. The second kappa shape index (κ2) is 10.0. The van der Waals surface area contributed by atoms with Gasteiger partial charge in [0.05, 0.1) is 13.2 Å². The van der Waals surface area contributed by atoms with E-state index in [-0.39, 0.29) is 13.2 Å². The van der Waals surface area contributed by atoms with Gasteiger partial charge in [0.2, 0.25) is 0 Å². The quantitative estimate of drug-likeness (QED) is 0.421. The van der Waals surface area contributed by atoms with E-state index in [1.165, 1.54) is 0 Å². The maximum atomic E-state index is 11.9. The Morgan fingerprint density at radius 3 is 2.42 bits per heavy atom. The Balaban J connectivity index is 2.01. The third-order valence-electron chi connectivity index (χ3n) is 3.37. The van der Waals surface area contributed by atoms with Crippen molar-refractivity contribution < 1.29 is 28.5 Å². The van der Waals surface area contributed by atoms with E-state index in [0.717, 1.165) is 16.8 Å². The van der Waals surface area contributed by atoms with Crippen molar-refractivity contribution in [3.8, 4) is 11.5 Å². The minimum Gasteiger partial charge on any atom is -0.491 e. The SMILES string of the molecule is C=CC(=O)OCCNC(=O)Oc1ccc(OCCOC)c2ccccc12. The minimum atomic E-state index is -0.641. The number of methoxy groups -OCH3 is 1. The van der Waals surface area contributed by atoms with Crippen LogP contribution < -0.4 is 14.8 Å². The molecule has 1 N–H and O–H groups in total. The summed E-state index contributed by atoms with van der Waals surface area (Å²) in [5.41, 5.74) is 0. The van der Waals surface area contributed by atoms with Gasteiger partial charge < -0.3 is 24.3 Å². The number of carbonyl (C=O) groups is 2. The Morgan fingerprint density at radius 1 is 1.04 bits per heavy atom. The molecular formula is C19H21NO6. The summed E-state index contributed by atoms with van der Waals surface area (Å²) in [7, 11) is 1.61. The molecule has 0 spiro atoms. The van der Waals surface area contributed by atoms with Gasteiger partial charge in [-0.2, -0.15) is 0 Å². The number of rotatable bonds is 9. The molecule has 0 fully saturated rings. The van der Waals surface area contributed by atoms with Gasteiger partial charge >= 0.3 is 12.1 Å². The van der Waals surface area contributed by atoms with Crippen LogP contribution in [0.3, 0.4) is 0 Å². The van der Waals surface area contributed by atoms with Crippen molar-refractivity contribution in [2.24, 2.45) is 0 Å². The second-order valence-corrected chi connectivity index (χ2v) is 5.14. The van der Waals surface area contributed by atoms with Gasteiger partial charge in [-0.1, -0.05) is 30.8 Å². The number of carbonyl (C=O) groups excluding carboxylic acids is 2. The molecule has 0 aromatic heterocycles. The molecule has 2 aromatic carbocycles. The van der Waals surface area contributed by atoms with Crippen LogP contribution in [0, 0.1) is 0 Å². The molecule has 0 bridgehead atoms. The highest BCUT2D eigenvalue weighted by Gasteiger charge is 2.11. The first kappa shape index (κ1) is 19.3. The van der Waals surface area contributed by atoms with Crippen molar-refractivity contribution >= 4 is 22.8 Å². The summed E-state index contributed by atoms with van der Waals surface area (Å²) in [6.07, 6.45) is 0.415. The summed E-state index contributed by atoms with van der Waals surface area (Å²) in [4.78, 5) is 22.8. The standard InChI is InChI=1S/C19H21NO6/c1-3-18(21)25-11-10-20-19(22)26-17-9-8-16(24-13-12-23-2)14-6-4-5-7-15(14)17/h3-9H,1,10-13H2,2H3,(H,20,22). The molecule has 0 atom stereocenters. The molecule has 26 heavy (non-hydrogen) atoms. The van der Waals surface area contributed by atoms with Gasteiger partial charge in [0, 0.05) is 24.0 Å². The normalized spacial score (nSPS) is 10.2. The fourth-order valence-electron chi connectivity index (χ4n) is 2.19. The second-order valence-electron chi connectivity index (χ2n) is 5.14. The van der Waals surface area contributed by atoms with E-state index in [4.69, 9.17) is 18.9 Å². The van der Waals surface area contributed by atoms with Gasteiger partial charge in [0.15, 0.2) is 0 Å². The van der Waals surface area contributed by atoms with E-state index in [9.17, 15) is 9.59 Å². The molecule has 7 nitrogen and oxygen atoms in total. The molecule has 0 saturated heterocycles. The third kappa shape index (κ3) is 5.49. The van der Waals surface area contributed by atoms with Crippen LogP contribution in [0.5, 0.6) is 11.5 Å². The lowest BCUT2D eigenvalue weighted by Gasteiger charge is -2.13. The summed E-state index contributed by atoms with van der Waals surface area (Å²) >= 11 is 0. The minimum absolute atomic E-state index is 0.0347. The monoisotopic (exact) mass is 359 g/mol. The van der Waals surface area contributed by atoms with Crippen LogP contribution in [0.1, 0.15) is 0 Å². The van der Waals surface area contributed by atoms with Crippen molar-refractivity contribution in [2.45, 2.75) is 0 Å². The number of ether oxygens (including phenoxy) is 4. The van der Waals surface area contributed by atoms with Crippen molar-refractivity contribution in [3.05, 3.63) is 49.1 Å². The molecule has 0 aliphatic heterocycles. The summed E-state index contributed by atoms with van der Waals surface area (Å²) < 4.78 is 20.8. The van der Waals surface area contributed by atoms with Gasteiger partial charge in [0.1, 0.15) is 24.7 Å². The Morgan fingerprint density at radius 2 is 1.73 bits per heavy atom. The molecule has 0 saturated carbocycles. The zero-order chi connectivity index (χ0) is 18.8. The first-order valence-corrected chi connectivity index (χ1v) is 8.04. The van der Waals surface area contributed by atoms with Crippen LogP contribution in [0.2, 0.25) is 0 Å². The van der Waals surface area contributed by atoms with Gasteiger partial charge in [-0.15, -0.1) is 0 Å². The summed E-state index contributed by atoms with van der Waals surface area (Å²) in [6, 6.07) is 10.9. The van der Waals surface area contributed by atoms with E-state index >= 15 is 0 Å². The number of amides is 1. The van der Waals surface area contributed by atoms with Gasteiger partial charge in [0.25, 0.3) is 0 Å². The van der Waals surface area contributed by atoms with Gasteiger partial charge in [-0.25, -0.2) is 9.59 Å². The molecule has 7 heteroatoms. The highest BCUT2D eigenvalue weighted by atomic mass is 16.6. The summed E-state index contributed by atoms with van der Waals surface area (Å²) in [6.45, 7) is 4.35. The van der Waals surface area contributed by atoms with Gasteiger partial charge in [-0.3, -0.25) is 0 Å². The molecule has 2 aromatic rings. The molecule has 0 radical (unpaired) electrons. The lowest BCUT2D eigenvalue weighted by Crippen LogP contribution is -2.30. The number of fused-ring (bicyclic) bond motifs is 1. The molecule has 138 valence electrons. The smallest absolute Gasteiger partial charge is 0.412 e. The predicted octanol–water partition coefficient (Wildman–Crippen LogP) is 2.68. The van der Waals surface area contributed by atoms with Crippen LogP contribution in [-0.4, -0.2) is 45.5 Å². The van der Waals surface area contributed by atoms with E-state index in [1.807, 2.05) is 24.3 Å². The lowest BCUT2D eigenvalue weighted by atomic mass is 10.1. The molecule has 0 unspecified atom stereocenters. The maximum absolute atomic E-state index is 11.9. The lowest BCUT2D eigenvalue weighted by molar-refractivity contribution is -0.137. The Labute approximate surface area is 151 Å². The number of esters is 1. The fraction of sp³-hybridized carbons (Fsp3) is 0.263. The van der Waals surface area contributed by atoms with Crippen molar-refractivity contribution in [2.75, 3.05) is 33.5 Å². The van der Waals surface area contributed by atoms with Gasteiger partial charge in [-0.05, 0) is 12.1 Å². The average Bonchev–Trinajstić information content (AvgIpc) is 2.66. The van der Waals surface area contributed by atoms with E-state index in [2.05, 4.69) is 11.9 Å². The Kier molecular flexibility index (Phi) is 7.45. The maximum Gasteiger partial charge on any atom is 0.412 e. The molecule has 0 aliphatic rings. The largest absolute Gasteiger partial charge is 0.491 e. The Hall–Kier alpha value is -3.06. The summed E-state index contributed by atoms with van der Waals surface area (Å²) in [5, 5.41) is 4.08. The first-order chi connectivity index (χ1) is 12.7. The average molecular weight is 359 g/mol. The highest BCUT2D eigenvalue weighted by molar-refractivity contribution is 5.94. The third-order valence-corrected chi connectivity index (χ3v) is 3.37. The number of hydrogen-bond acceptors (Lipinski definition) is 6. The van der Waals surface area contributed by atoms with E-state index in [0.29, 0.717) is 24.7 Å². The number of hydrogen-bond donors (Lipinski definition) is 1. The van der Waals surface area contributed by atoms with Crippen molar-refractivity contribution in [1.29, 1.82) is 0 Å². The van der Waals surface area contributed by atoms with Crippen LogP contribution in [0.25, 0.3) is 10.8 Å². The Bertz CT molecular complexity index is 774. The van der Waals surface area contributed by atoms with E-state index < -0.39 is 12.1 Å². The topological polar surface area (TPSA) is 83.1 Å². The van der Waals surface area contributed by atoms with E-state index in [1.54, 1.807) is 19.2 Å². The zero-order valence-corrected chi connectivity index (χ0v) is 14.5. The molecule has 0 aliphatic carbocycles. The first-order valence-electron chi connectivity index (χ1n) is 8.04. The zero-order valence-electron chi connectivity index (χ0n) is 14.5. The van der Waals surface area contributed by atoms with Crippen LogP contribution >= 0.6 is 0 Å². The van der Waals surface area contributed by atoms with Crippen molar-refractivity contribution in [3.63, 3.8) is 0 Å². The molecule has 2 rings (SSSR count). The number of nitrogens with one attached hydrogen (secondary N) is 1. The number of benzene rings is 2. The summed E-state index contributed by atoms with van der Waals surface area (Å²) in [5.74, 6) is 0.539. The predicted molar refractivity (Wildman–Crippen MR) is 96.5 cm³/mol.